The zero-order valence-electron chi connectivity index (χ0n) is 12.5. The van der Waals surface area contributed by atoms with Crippen LogP contribution in [0.2, 0.25) is 5.02 Å². The zero-order valence-corrected chi connectivity index (χ0v) is 13.3. The molecule has 2 aromatic carbocycles. The number of anilines is 4. The molecule has 0 amide bonds. The van der Waals surface area contributed by atoms with Crippen molar-refractivity contribution in [1.29, 1.82) is 0 Å². The van der Waals surface area contributed by atoms with Gasteiger partial charge in [-0.3, -0.25) is 0 Å². The molecule has 0 atom stereocenters. The summed E-state index contributed by atoms with van der Waals surface area (Å²) in [5.74, 6) is 0.449. The first kappa shape index (κ1) is 17.0. The SMILES string of the molecule is FC(F)(F)c1cccc(Nc2nncc(Nc3ccc(Cl)cc3)n2)c1. The molecule has 0 spiro atoms. The zero-order chi connectivity index (χ0) is 17.9. The Morgan fingerprint density at radius 1 is 0.920 bits per heavy atom. The lowest BCUT2D eigenvalue weighted by Crippen LogP contribution is -2.06. The van der Waals surface area contributed by atoms with Crippen molar-refractivity contribution in [1.82, 2.24) is 15.2 Å². The molecule has 5 nitrogen and oxygen atoms in total. The molecule has 3 aromatic rings. The molecule has 0 aliphatic heterocycles. The van der Waals surface area contributed by atoms with Crippen molar-refractivity contribution in [3.8, 4) is 0 Å². The van der Waals surface area contributed by atoms with E-state index in [4.69, 9.17) is 11.6 Å². The lowest BCUT2D eigenvalue weighted by molar-refractivity contribution is -0.137. The van der Waals surface area contributed by atoms with Crippen LogP contribution in [0.15, 0.2) is 54.7 Å². The lowest BCUT2D eigenvalue weighted by Gasteiger charge is -2.10. The number of benzene rings is 2. The number of alkyl halides is 3. The first-order chi connectivity index (χ1) is 11.9. The van der Waals surface area contributed by atoms with Crippen LogP contribution in [-0.2, 0) is 6.18 Å². The summed E-state index contributed by atoms with van der Waals surface area (Å²) in [7, 11) is 0. The van der Waals surface area contributed by atoms with E-state index in [2.05, 4.69) is 25.8 Å². The third-order valence-electron chi connectivity index (χ3n) is 3.12. The Bertz CT molecular complexity index is 868. The van der Waals surface area contributed by atoms with Crippen molar-refractivity contribution < 1.29 is 13.2 Å². The molecule has 128 valence electrons. The van der Waals surface area contributed by atoms with Crippen molar-refractivity contribution in [2.45, 2.75) is 6.18 Å². The van der Waals surface area contributed by atoms with Gasteiger partial charge in [0.2, 0.25) is 5.95 Å². The summed E-state index contributed by atoms with van der Waals surface area (Å²) in [5.41, 5.74) is 0.177. The van der Waals surface area contributed by atoms with Crippen molar-refractivity contribution >= 4 is 34.7 Å². The normalized spacial score (nSPS) is 11.2. The van der Waals surface area contributed by atoms with E-state index in [1.165, 1.54) is 18.3 Å². The minimum Gasteiger partial charge on any atom is -0.339 e. The van der Waals surface area contributed by atoms with Crippen LogP contribution in [-0.4, -0.2) is 15.2 Å². The molecule has 25 heavy (non-hydrogen) atoms. The fourth-order valence-corrected chi connectivity index (χ4v) is 2.13. The topological polar surface area (TPSA) is 62.7 Å². The highest BCUT2D eigenvalue weighted by atomic mass is 35.5. The number of nitrogens with one attached hydrogen (secondary N) is 2. The Hall–Kier alpha value is -2.87. The van der Waals surface area contributed by atoms with Gasteiger partial charge in [0.05, 0.1) is 11.8 Å². The number of hydrogen-bond donors (Lipinski definition) is 2. The average molecular weight is 366 g/mol. The number of aromatic nitrogens is 3. The minimum absolute atomic E-state index is 0.0679. The van der Waals surface area contributed by atoms with Crippen molar-refractivity contribution in [3.63, 3.8) is 0 Å². The molecule has 0 radical (unpaired) electrons. The summed E-state index contributed by atoms with van der Waals surface area (Å²) in [6.45, 7) is 0. The summed E-state index contributed by atoms with van der Waals surface area (Å²) in [4.78, 5) is 4.17. The second-order valence-electron chi connectivity index (χ2n) is 5.00. The monoisotopic (exact) mass is 365 g/mol. The first-order valence-corrected chi connectivity index (χ1v) is 7.44. The number of nitrogens with zero attached hydrogens (tertiary/aromatic N) is 3. The second-order valence-corrected chi connectivity index (χ2v) is 5.44. The van der Waals surface area contributed by atoms with E-state index >= 15 is 0 Å². The van der Waals surface area contributed by atoms with Crippen LogP contribution in [0.5, 0.6) is 0 Å². The molecular formula is C16H11ClF3N5. The van der Waals surface area contributed by atoms with E-state index in [9.17, 15) is 13.2 Å². The molecule has 3 rings (SSSR count). The highest BCUT2D eigenvalue weighted by Crippen LogP contribution is 2.31. The lowest BCUT2D eigenvalue weighted by atomic mass is 10.2. The van der Waals surface area contributed by atoms with E-state index in [0.717, 1.165) is 17.8 Å². The van der Waals surface area contributed by atoms with E-state index in [1.807, 2.05) is 0 Å². The van der Waals surface area contributed by atoms with Gasteiger partial charge in [-0.1, -0.05) is 17.7 Å². The van der Waals surface area contributed by atoms with Crippen molar-refractivity contribution in [3.05, 3.63) is 65.3 Å². The fourth-order valence-electron chi connectivity index (χ4n) is 2.00. The molecule has 2 N–H and O–H groups in total. The van der Waals surface area contributed by atoms with Gasteiger partial charge in [-0.05, 0) is 42.5 Å². The summed E-state index contributed by atoms with van der Waals surface area (Å²) in [6, 6.07) is 11.7. The van der Waals surface area contributed by atoms with Gasteiger partial charge in [-0.25, -0.2) is 0 Å². The van der Waals surface area contributed by atoms with Crippen LogP contribution in [0.3, 0.4) is 0 Å². The van der Waals surface area contributed by atoms with Gasteiger partial charge in [0.15, 0.2) is 5.82 Å². The van der Waals surface area contributed by atoms with E-state index < -0.39 is 11.7 Å². The van der Waals surface area contributed by atoms with Gasteiger partial charge < -0.3 is 10.6 Å². The smallest absolute Gasteiger partial charge is 0.339 e. The maximum atomic E-state index is 12.8. The number of hydrogen-bond acceptors (Lipinski definition) is 5. The molecule has 1 aromatic heterocycles. The van der Waals surface area contributed by atoms with Crippen LogP contribution in [0.4, 0.5) is 36.3 Å². The second kappa shape index (κ2) is 6.94. The summed E-state index contributed by atoms with van der Waals surface area (Å²) < 4.78 is 38.3. The summed E-state index contributed by atoms with van der Waals surface area (Å²) in [5, 5.41) is 13.8. The highest BCUT2D eigenvalue weighted by molar-refractivity contribution is 6.30. The first-order valence-electron chi connectivity index (χ1n) is 7.07. The van der Waals surface area contributed by atoms with Gasteiger partial charge >= 0.3 is 6.18 Å². The Morgan fingerprint density at radius 3 is 2.40 bits per heavy atom. The fraction of sp³-hybridized carbons (Fsp3) is 0.0625. The quantitative estimate of drug-likeness (QED) is 0.679. The van der Waals surface area contributed by atoms with E-state index in [1.54, 1.807) is 24.3 Å². The Labute approximate surface area is 145 Å². The minimum atomic E-state index is -4.42. The average Bonchev–Trinajstić information content (AvgIpc) is 2.57. The van der Waals surface area contributed by atoms with Gasteiger partial charge in [0, 0.05) is 16.4 Å². The standard InChI is InChI=1S/C16H11ClF3N5/c17-11-4-6-12(7-5-11)22-14-9-21-25-15(24-14)23-13-3-1-2-10(8-13)16(18,19)20/h1-9H,(H2,22,23,24,25). The van der Waals surface area contributed by atoms with Gasteiger partial charge in [0.25, 0.3) is 0 Å². The largest absolute Gasteiger partial charge is 0.416 e. The molecule has 1 heterocycles. The summed E-state index contributed by atoms with van der Waals surface area (Å²) >= 11 is 5.82. The van der Waals surface area contributed by atoms with Crippen molar-refractivity contribution in [2.24, 2.45) is 0 Å². The third-order valence-corrected chi connectivity index (χ3v) is 3.37. The van der Waals surface area contributed by atoms with Crippen molar-refractivity contribution in [2.75, 3.05) is 10.6 Å². The van der Waals surface area contributed by atoms with Gasteiger partial charge in [0.1, 0.15) is 0 Å². The Kier molecular flexibility index (Phi) is 4.71. The van der Waals surface area contributed by atoms with Crippen LogP contribution in [0.1, 0.15) is 5.56 Å². The van der Waals surface area contributed by atoms with Crippen LogP contribution >= 0.6 is 11.6 Å². The van der Waals surface area contributed by atoms with Gasteiger partial charge in [-0.2, -0.15) is 23.3 Å². The van der Waals surface area contributed by atoms with E-state index in [-0.39, 0.29) is 11.6 Å². The molecular weight excluding hydrogens is 355 g/mol. The molecule has 9 heteroatoms. The Balaban J connectivity index is 1.77. The maximum absolute atomic E-state index is 12.8. The third kappa shape index (κ3) is 4.57. The molecule has 0 unspecified atom stereocenters. The van der Waals surface area contributed by atoms with E-state index in [0.29, 0.717) is 10.8 Å². The number of rotatable bonds is 4. The Morgan fingerprint density at radius 2 is 1.68 bits per heavy atom. The maximum Gasteiger partial charge on any atom is 0.416 e. The predicted octanol–water partition coefficient (Wildman–Crippen LogP) is 5.03. The van der Waals surface area contributed by atoms with Crippen LogP contribution in [0, 0.1) is 0 Å². The molecule has 0 bridgehead atoms. The molecule has 0 aliphatic carbocycles. The highest BCUT2D eigenvalue weighted by Gasteiger charge is 2.30. The summed E-state index contributed by atoms with van der Waals surface area (Å²) in [6.07, 6.45) is -3.03. The predicted molar refractivity (Wildman–Crippen MR) is 89.3 cm³/mol. The molecule has 0 fully saturated rings. The van der Waals surface area contributed by atoms with Crippen LogP contribution in [0.25, 0.3) is 0 Å². The molecule has 0 saturated heterocycles. The molecule has 0 aliphatic rings. The molecule has 0 saturated carbocycles. The number of halogens is 4. The van der Waals surface area contributed by atoms with Crippen LogP contribution < -0.4 is 10.6 Å². The van der Waals surface area contributed by atoms with Gasteiger partial charge in [-0.15, -0.1) is 5.10 Å².